The molecule has 0 aliphatic heterocycles. The quantitative estimate of drug-likeness (QED) is 0.804. The highest BCUT2D eigenvalue weighted by Crippen LogP contribution is 2.34. The van der Waals surface area contributed by atoms with Gasteiger partial charge in [0.05, 0.1) is 5.69 Å². The Morgan fingerprint density at radius 1 is 1.33 bits per heavy atom. The van der Waals surface area contributed by atoms with E-state index in [0.717, 1.165) is 17.5 Å². The first-order valence-electron chi connectivity index (χ1n) is 6.97. The topological polar surface area (TPSA) is 24.9 Å². The highest BCUT2D eigenvalue weighted by Gasteiger charge is 2.28. The summed E-state index contributed by atoms with van der Waals surface area (Å²) in [6.07, 6.45) is 7.02. The van der Waals surface area contributed by atoms with E-state index in [1.165, 1.54) is 31.2 Å². The molecular formula is C15H23ClN2. The van der Waals surface area contributed by atoms with E-state index in [4.69, 9.17) is 11.6 Å². The van der Waals surface area contributed by atoms with Crippen LogP contribution in [0.2, 0.25) is 5.15 Å². The standard InChI is InChI=1S/C15H23ClN2/c1-10(2)12-6-4-5-7-13(12)18-14-11(3)8-9-17-15(14)16/h8-10,12-13,18H,4-7H2,1-3H3. The Labute approximate surface area is 115 Å². The zero-order valence-corrected chi connectivity index (χ0v) is 12.3. The highest BCUT2D eigenvalue weighted by atomic mass is 35.5. The summed E-state index contributed by atoms with van der Waals surface area (Å²) in [4.78, 5) is 4.18. The minimum atomic E-state index is 0.541. The van der Waals surface area contributed by atoms with Gasteiger partial charge in [-0.1, -0.05) is 38.3 Å². The Hall–Kier alpha value is -0.760. The van der Waals surface area contributed by atoms with Crippen LogP contribution < -0.4 is 5.32 Å². The summed E-state index contributed by atoms with van der Waals surface area (Å²) in [6, 6.07) is 2.56. The molecular weight excluding hydrogens is 244 g/mol. The number of nitrogens with one attached hydrogen (secondary N) is 1. The fourth-order valence-electron chi connectivity index (χ4n) is 3.02. The fraction of sp³-hybridized carbons (Fsp3) is 0.667. The number of nitrogens with zero attached hydrogens (tertiary/aromatic N) is 1. The maximum Gasteiger partial charge on any atom is 0.152 e. The van der Waals surface area contributed by atoms with E-state index in [-0.39, 0.29) is 0 Å². The van der Waals surface area contributed by atoms with Crippen LogP contribution in [0.1, 0.15) is 45.1 Å². The summed E-state index contributed by atoms with van der Waals surface area (Å²) in [7, 11) is 0. The molecule has 1 aliphatic rings. The first-order valence-corrected chi connectivity index (χ1v) is 7.35. The molecule has 2 unspecified atom stereocenters. The van der Waals surface area contributed by atoms with E-state index in [9.17, 15) is 0 Å². The monoisotopic (exact) mass is 266 g/mol. The number of halogens is 1. The number of hydrogen-bond acceptors (Lipinski definition) is 2. The van der Waals surface area contributed by atoms with Gasteiger partial charge in [-0.2, -0.15) is 0 Å². The molecule has 1 aromatic rings. The summed E-state index contributed by atoms with van der Waals surface area (Å²) in [5.74, 6) is 1.47. The van der Waals surface area contributed by atoms with Gasteiger partial charge in [-0.05, 0) is 43.2 Å². The van der Waals surface area contributed by atoms with Gasteiger partial charge < -0.3 is 5.32 Å². The number of aryl methyl sites for hydroxylation is 1. The number of pyridine rings is 1. The van der Waals surface area contributed by atoms with Crippen molar-refractivity contribution in [2.24, 2.45) is 11.8 Å². The normalized spacial score (nSPS) is 24.3. The molecule has 1 aliphatic carbocycles. The molecule has 18 heavy (non-hydrogen) atoms. The van der Waals surface area contributed by atoms with Gasteiger partial charge in [0, 0.05) is 12.2 Å². The zero-order valence-electron chi connectivity index (χ0n) is 11.5. The van der Waals surface area contributed by atoms with Crippen LogP contribution in [0.3, 0.4) is 0 Å². The molecule has 2 nitrogen and oxygen atoms in total. The van der Waals surface area contributed by atoms with Crippen molar-refractivity contribution in [2.75, 3.05) is 5.32 Å². The van der Waals surface area contributed by atoms with Gasteiger partial charge in [0.1, 0.15) is 0 Å². The Morgan fingerprint density at radius 2 is 2.06 bits per heavy atom. The Morgan fingerprint density at radius 3 is 2.72 bits per heavy atom. The summed E-state index contributed by atoms with van der Waals surface area (Å²) in [6.45, 7) is 6.73. The van der Waals surface area contributed by atoms with E-state index in [0.29, 0.717) is 11.2 Å². The summed E-state index contributed by atoms with van der Waals surface area (Å²) < 4.78 is 0. The van der Waals surface area contributed by atoms with E-state index in [1.54, 1.807) is 6.20 Å². The molecule has 3 heteroatoms. The highest BCUT2D eigenvalue weighted by molar-refractivity contribution is 6.32. The minimum absolute atomic E-state index is 0.541. The SMILES string of the molecule is Cc1ccnc(Cl)c1NC1CCCCC1C(C)C. The molecule has 0 aromatic carbocycles. The molecule has 1 saturated carbocycles. The van der Waals surface area contributed by atoms with Crippen LogP contribution in [0.4, 0.5) is 5.69 Å². The molecule has 1 heterocycles. The van der Waals surface area contributed by atoms with Crippen molar-refractivity contribution in [2.45, 2.75) is 52.5 Å². The first kappa shape index (κ1) is 13.7. The Bertz CT molecular complexity index is 383. The first-order chi connectivity index (χ1) is 8.59. The van der Waals surface area contributed by atoms with Crippen molar-refractivity contribution in [3.8, 4) is 0 Å². The van der Waals surface area contributed by atoms with Crippen molar-refractivity contribution in [1.82, 2.24) is 4.98 Å². The van der Waals surface area contributed by atoms with Crippen molar-refractivity contribution in [1.29, 1.82) is 0 Å². The zero-order chi connectivity index (χ0) is 13.1. The van der Waals surface area contributed by atoms with Crippen molar-refractivity contribution in [3.05, 3.63) is 23.0 Å². The lowest BCUT2D eigenvalue weighted by atomic mass is 9.77. The van der Waals surface area contributed by atoms with Crippen LogP contribution in [0, 0.1) is 18.8 Å². The maximum absolute atomic E-state index is 6.20. The molecule has 0 radical (unpaired) electrons. The fourth-order valence-corrected chi connectivity index (χ4v) is 3.28. The molecule has 1 aromatic heterocycles. The van der Waals surface area contributed by atoms with Crippen molar-refractivity contribution in [3.63, 3.8) is 0 Å². The van der Waals surface area contributed by atoms with Gasteiger partial charge in [-0.15, -0.1) is 0 Å². The molecule has 0 saturated heterocycles. The van der Waals surface area contributed by atoms with Crippen LogP contribution in [0.15, 0.2) is 12.3 Å². The number of aromatic nitrogens is 1. The van der Waals surface area contributed by atoms with Gasteiger partial charge in [0.15, 0.2) is 5.15 Å². The van der Waals surface area contributed by atoms with Crippen LogP contribution in [-0.4, -0.2) is 11.0 Å². The minimum Gasteiger partial charge on any atom is -0.379 e. The smallest absolute Gasteiger partial charge is 0.152 e. The van der Waals surface area contributed by atoms with Crippen LogP contribution in [0.25, 0.3) is 0 Å². The summed E-state index contributed by atoms with van der Waals surface area (Å²) in [5, 5.41) is 4.25. The third kappa shape index (κ3) is 2.97. The predicted molar refractivity (Wildman–Crippen MR) is 78.2 cm³/mol. The second kappa shape index (κ2) is 5.92. The maximum atomic E-state index is 6.20. The van der Waals surface area contributed by atoms with E-state index in [2.05, 4.69) is 31.1 Å². The summed E-state index contributed by atoms with van der Waals surface area (Å²) >= 11 is 6.20. The largest absolute Gasteiger partial charge is 0.379 e. The van der Waals surface area contributed by atoms with Crippen LogP contribution >= 0.6 is 11.6 Å². The van der Waals surface area contributed by atoms with Gasteiger partial charge in [0.25, 0.3) is 0 Å². The molecule has 100 valence electrons. The predicted octanol–water partition coefficient (Wildman–Crippen LogP) is 4.67. The number of anilines is 1. The molecule has 0 amide bonds. The average Bonchev–Trinajstić information content (AvgIpc) is 2.34. The molecule has 2 atom stereocenters. The van der Waals surface area contributed by atoms with Gasteiger partial charge in [-0.3, -0.25) is 0 Å². The lowest BCUT2D eigenvalue weighted by Crippen LogP contribution is -2.35. The third-order valence-electron chi connectivity index (χ3n) is 4.12. The van der Waals surface area contributed by atoms with E-state index < -0.39 is 0 Å². The van der Waals surface area contributed by atoms with Gasteiger partial charge in [0.2, 0.25) is 0 Å². The van der Waals surface area contributed by atoms with Crippen molar-refractivity contribution >= 4 is 17.3 Å². The van der Waals surface area contributed by atoms with Gasteiger partial charge >= 0.3 is 0 Å². The second-order valence-electron chi connectivity index (χ2n) is 5.74. The second-order valence-corrected chi connectivity index (χ2v) is 6.09. The molecule has 2 rings (SSSR count). The van der Waals surface area contributed by atoms with Crippen LogP contribution in [-0.2, 0) is 0 Å². The lowest BCUT2D eigenvalue weighted by Gasteiger charge is -2.36. The lowest BCUT2D eigenvalue weighted by molar-refractivity contribution is 0.253. The number of hydrogen-bond donors (Lipinski definition) is 1. The van der Waals surface area contributed by atoms with Crippen LogP contribution in [0.5, 0.6) is 0 Å². The molecule has 0 spiro atoms. The molecule has 1 N–H and O–H groups in total. The Balaban J connectivity index is 2.16. The van der Waals surface area contributed by atoms with E-state index >= 15 is 0 Å². The molecule has 1 fully saturated rings. The van der Waals surface area contributed by atoms with E-state index in [1.807, 2.05) is 6.07 Å². The third-order valence-corrected chi connectivity index (χ3v) is 4.41. The molecule has 0 bridgehead atoms. The number of rotatable bonds is 3. The Kier molecular flexibility index (Phi) is 4.50. The van der Waals surface area contributed by atoms with Gasteiger partial charge in [-0.25, -0.2) is 4.98 Å². The van der Waals surface area contributed by atoms with Crippen molar-refractivity contribution < 1.29 is 0 Å². The average molecular weight is 267 g/mol. The summed E-state index contributed by atoms with van der Waals surface area (Å²) in [5.41, 5.74) is 2.21.